The molecule has 0 bridgehead atoms. The molecule has 0 saturated heterocycles. The van der Waals surface area contributed by atoms with Crippen LogP contribution >= 0.6 is 0 Å². The van der Waals surface area contributed by atoms with Crippen LogP contribution in [-0.2, 0) is 12.8 Å². The Balaban J connectivity index is 2.05. The maximum absolute atomic E-state index is 11.3. The van der Waals surface area contributed by atoms with Crippen LogP contribution in [-0.4, -0.2) is 10.9 Å². The van der Waals surface area contributed by atoms with Gasteiger partial charge in [0.1, 0.15) is 0 Å². The van der Waals surface area contributed by atoms with E-state index in [1.54, 1.807) is 0 Å². The van der Waals surface area contributed by atoms with Gasteiger partial charge in [-0.1, -0.05) is 12.1 Å². The summed E-state index contributed by atoms with van der Waals surface area (Å²) >= 11 is 0. The van der Waals surface area contributed by atoms with Gasteiger partial charge < -0.3 is 10.7 Å². The molecule has 3 heteroatoms. The van der Waals surface area contributed by atoms with E-state index in [-0.39, 0.29) is 5.91 Å². The van der Waals surface area contributed by atoms with Crippen LogP contribution in [0.5, 0.6) is 0 Å². The molecule has 3 rings (SSSR count). The van der Waals surface area contributed by atoms with Crippen molar-refractivity contribution in [1.82, 2.24) is 4.98 Å². The lowest BCUT2D eigenvalue weighted by Crippen LogP contribution is -2.10. The van der Waals surface area contributed by atoms with E-state index in [2.05, 4.69) is 23.2 Å². The summed E-state index contributed by atoms with van der Waals surface area (Å²) in [4.78, 5) is 14.5. The van der Waals surface area contributed by atoms with Crippen LogP contribution in [0.1, 0.15) is 33.6 Å². The van der Waals surface area contributed by atoms with E-state index in [9.17, 15) is 4.79 Å². The van der Waals surface area contributed by atoms with Gasteiger partial charge in [-0.3, -0.25) is 4.79 Å². The zero-order chi connectivity index (χ0) is 12.7. The number of benzene rings is 1. The Hall–Kier alpha value is -2.03. The third kappa shape index (κ3) is 1.72. The molecule has 3 N–H and O–H groups in total. The Morgan fingerprint density at radius 2 is 2.00 bits per heavy atom. The zero-order valence-electron chi connectivity index (χ0n) is 10.4. The van der Waals surface area contributed by atoms with Crippen molar-refractivity contribution in [2.24, 2.45) is 5.73 Å². The fourth-order valence-corrected chi connectivity index (χ4v) is 2.71. The Bertz CT molecular complexity index is 625. The molecule has 0 radical (unpaired) electrons. The number of nitrogens with two attached hydrogens (primary N) is 1. The molecule has 1 heterocycles. The molecule has 3 nitrogen and oxygen atoms in total. The number of aryl methyl sites for hydroxylation is 3. The summed E-state index contributed by atoms with van der Waals surface area (Å²) in [6, 6.07) is 8.37. The minimum Gasteiger partial charge on any atom is -0.366 e. The Morgan fingerprint density at radius 3 is 2.72 bits per heavy atom. The van der Waals surface area contributed by atoms with Crippen molar-refractivity contribution in [3.8, 4) is 11.3 Å². The molecule has 1 amide bonds. The summed E-state index contributed by atoms with van der Waals surface area (Å²) in [5.74, 6) is -0.379. The van der Waals surface area contributed by atoms with E-state index in [4.69, 9.17) is 5.73 Å². The second kappa shape index (κ2) is 4.02. The van der Waals surface area contributed by atoms with Crippen LogP contribution in [0.3, 0.4) is 0 Å². The van der Waals surface area contributed by atoms with Gasteiger partial charge in [0, 0.05) is 11.4 Å². The molecule has 0 saturated carbocycles. The molecule has 1 aromatic heterocycles. The van der Waals surface area contributed by atoms with Crippen molar-refractivity contribution >= 4 is 5.91 Å². The van der Waals surface area contributed by atoms with E-state index in [1.165, 1.54) is 24.0 Å². The van der Waals surface area contributed by atoms with Gasteiger partial charge >= 0.3 is 0 Å². The molecule has 2 aromatic rings. The fourth-order valence-electron chi connectivity index (χ4n) is 2.71. The number of hydrogen-bond acceptors (Lipinski definition) is 1. The number of nitrogens with one attached hydrogen (secondary N) is 1. The molecule has 0 fully saturated rings. The second-order valence-corrected chi connectivity index (χ2v) is 4.92. The van der Waals surface area contributed by atoms with Gasteiger partial charge in [-0.25, -0.2) is 0 Å². The van der Waals surface area contributed by atoms with Gasteiger partial charge in [-0.2, -0.15) is 0 Å². The second-order valence-electron chi connectivity index (χ2n) is 4.92. The van der Waals surface area contributed by atoms with E-state index in [1.807, 2.05) is 13.0 Å². The molecular formula is C15H16N2O. The lowest BCUT2D eigenvalue weighted by atomic mass is 10.0. The molecule has 1 aromatic carbocycles. The highest BCUT2D eigenvalue weighted by molar-refractivity contribution is 5.95. The summed E-state index contributed by atoms with van der Waals surface area (Å²) in [6.45, 7) is 1.87. The van der Waals surface area contributed by atoms with Crippen LogP contribution in [0, 0.1) is 6.92 Å². The predicted molar refractivity (Wildman–Crippen MR) is 71.5 cm³/mol. The average Bonchev–Trinajstić information content (AvgIpc) is 2.93. The van der Waals surface area contributed by atoms with Crippen molar-refractivity contribution in [1.29, 1.82) is 0 Å². The monoisotopic (exact) mass is 240 g/mol. The summed E-state index contributed by atoms with van der Waals surface area (Å²) in [6.07, 6.45) is 3.59. The molecule has 0 unspecified atom stereocenters. The molecular weight excluding hydrogens is 224 g/mol. The first-order valence-corrected chi connectivity index (χ1v) is 6.27. The molecule has 0 spiro atoms. The number of hydrogen-bond donors (Lipinski definition) is 2. The number of rotatable bonds is 2. The van der Waals surface area contributed by atoms with Crippen molar-refractivity contribution in [3.05, 3.63) is 46.6 Å². The van der Waals surface area contributed by atoms with Gasteiger partial charge in [0.2, 0.25) is 0 Å². The zero-order valence-corrected chi connectivity index (χ0v) is 10.4. The van der Waals surface area contributed by atoms with E-state index in [0.717, 1.165) is 23.4 Å². The van der Waals surface area contributed by atoms with Gasteiger partial charge in [0.15, 0.2) is 0 Å². The molecule has 1 aliphatic carbocycles. The maximum Gasteiger partial charge on any atom is 0.250 e. The summed E-state index contributed by atoms with van der Waals surface area (Å²) in [7, 11) is 0. The van der Waals surface area contributed by atoms with Gasteiger partial charge in [0.05, 0.1) is 5.56 Å². The van der Waals surface area contributed by atoms with Crippen LogP contribution in [0.25, 0.3) is 11.3 Å². The molecule has 0 atom stereocenters. The van der Waals surface area contributed by atoms with Gasteiger partial charge in [0.25, 0.3) is 5.91 Å². The highest BCUT2D eigenvalue weighted by Gasteiger charge is 2.14. The van der Waals surface area contributed by atoms with Crippen LogP contribution in [0.15, 0.2) is 24.3 Å². The average molecular weight is 240 g/mol. The highest BCUT2D eigenvalue weighted by Crippen LogP contribution is 2.28. The number of H-pyrrole nitrogens is 1. The molecule has 1 aliphatic rings. The normalized spacial score (nSPS) is 13.6. The summed E-state index contributed by atoms with van der Waals surface area (Å²) in [5, 5.41) is 0. The standard InChI is InChI=1S/C15H16N2O/c1-9-13(15(16)18)8-14(17-9)12-6-5-10-3-2-4-11(10)7-12/h5-8,17H,2-4H2,1H3,(H2,16,18). The summed E-state index contributed by atoms with van der Waals surface area (Å²) in [5.41, 5.74) is 11.7. The SMILES string of the molecule is Cc1[nH]c(-c2ccc3c(c2)CCC3)cc1C(N)=O. The number of primary amides is 1. The quantitative estimate of drug-likeness (QED) is 0.832. The highest BCUT2D eigenvalue weighted by atomic mass is 16.1. The third-order valence-electron chi connectivity index (χ3n) is 3.69. The van der Waals surface area contributed by atoms with Crippen molar-refractivity contribution < 1.29 is 4.79 Å². The van der Waals surface area contributed by atoms with E-state index in [0.29, 0.717) is 5.56 Å². The topological polar surface area (TPSA) is 58.9 Å². The number of aromatic nitrogens is 1. The molecule has 18 heavy (non-hydrogen) atoms. The first-order chi connectivity index (χ1) is 8.65. The summed E-state index contributed by atoms with van der Waals surface area (Å²) < 4.78 is 0. The number of carbonyl (C=O) groups excluding carboxylic acids is 1. The lowest BCUT2D eigenvalue weighted by Gasteiger charge is -2.02. The minimum absolute atomic E-state index is 0.379. The largest absolute Gasteiger partial charge is 0.366 e. The van der Waals surface area contributed by atoms with Crippen molar-refractivity contribution in [3.63, 3.8) is 0 Å². The fraction of sp³-hybridized carbons (Fsp3) is 0.267. The van der Waals surface area contributed by atoms with Crippen LogP contribution in [0.2, 0.25) is 0 Å². The number of carbonyl (C=O) groups is 1. The number of fused-ring (bicyclic) bond motifs is 1. The third-order valence-corrected chi connectivity index (χ3v) is 3.69. The molecule has 92 valence electrons. The molecule has 0 aliphatic heterocycles. The maximum atomic E-state index is 11.3. The van der Waals surface area contributed by atoms with Gasteiger partial charge in [-0.15, -0.1) is 0 Å². The van der Waals surface area contributed by atoms with Gasteiger partial charge in [-0.05, 0) is 55.0 Å². The first-order valence-electron chi connectivity index (χ1n) is 6.27. The smallest absolute Gasteiger partial charge is 0.250 e. The Kier molecular flexibility index (Phi) is 2.47. The minimum atomic E-state index is -0.379. The predicted octanol–water partition coefficient (Wildman–Crippen LogP) is 2.58. The van der Waals surface area contributed by atoms with Crippen LogP contribution < -0.4 is 5.73 Å². The Morgan fingerprint density at radius 1 is 1.22 bits per heavy atom. The number of amides is 1. The van der Waals surface area contributed by atoms with Crippen molar-refractivity contribution in [2.75, 3.05) is 0 Å². The number of aromatic amines is 1. The first kappa shape index (κ1) is 11.1. The van der Waals surface area contributed by atoms with Crippen LogP contribution in [0.4, 0.5) is 0 Å². The lowest BCUT2D eigenvalue weighted by molar-refractivity contribution is 0.1000. The Labute approximate surface area is 106 Å². The van der Waals surface area contributed by atoms with E-state index >= 15 is 0 Å². The van der Waals surface area contributed by atoms with Crippen molar-refractivity contribution in [2.45, 2.75) is 26.2 Å². The van der Waals surface area contributed by atoms with E-state index < -0.39 is 0 Å².